The van der Waals surface area contributed by atoms with Gasteiger partial charge in [-0.2, -0.15) is 0 Å². The number of carbonyl (C=O) groups is 1. The van der Waals surface area contributed by atoms with Crippen LogP contribution >= 0.6 is 11.3 Å². The SMILES string of the molecule is COc1ccc2nc(N3CCN(C(=O)c4c(F)cccc4F)CC3)sc2c1. The van der Waals surface area contributed by atoms with Gasteiger partial charge < -0.3 is 14.5 Å². The van der Waals surface area contributed by atoms with Crippen molar-refractivity contribution in [3.63, 3.8) is 0 Å². The van der Waals surface area contributed by atoms with E-state index < -0.39 is 23.1 Å². The first-order valence-electron chi connectivity index (χ1n) is 8.49. The smallest absolute Gasteiger partial charge is 0.259 e. The van der Waals surface area contributed by atoms with E-state index in [1.807, 2.05) is 18.2 Å². The minimum Gasteiger partial charge on any atom is -0.497 e. The fraction of sp³-hybridized carbons (Fsp3) is 0.263. The zero-order valence-corrected chi connectivity index (χ0v) is 15.4. The van der Waals surface area contributed by atoms with Gasteiger partial charge in [-0.1, -0.05) is 17.4 Å². The molecule has 1 saturated heterocycles. The maximum atomic E-state index is 13.9. The number of aromatic nitrogens is 1. The predicted molar refractivity (Wildman–Crippen MR) is 101 cm³/mol. The molecule has 0 bridgehead atoms. The van der Waals surface area contributed by atoms with E-state index in [2.05, 4.69) is 9.88 Å². The largest absolute Gasteiger partial charge is 0.497 e. The van der Waals surface area contributed by atoms with Gasteiger partial charge in [0.05, 0.1) is 17.3 Å². The molecule has 1 fully saturated rings. The normalized spacial score (nSPS) is 14.6. The summed E-state index contributed by atoms with van der Waals surface area (Å²) in [6.45, 7) is 1.87. The molecular formula is C19H17F2N3O2S. The highest BCUT2D eigenvalue weighted by Gasteiger charge is 2.27. The van der Waals surface area contributed by atoms with Crippen LogP contribution in [-0.2, 0) is 0 Å². The number of piperazine rings is 1. The van der Waals surface area contributed by atoms with Gasteiger partial charge in [-0.05, 0) is 30.3 Å². The zero-order chi connectivity index (χ0) is 19.0. The summed E-state index contributed by atoms with van der Waals surface area (Å²) < 4.78 is 34.0. The van der Waals surface area contributed by atoms with Gasteiger partial charge in [0.25, 0.3) is 5.91 Å². The molecule has 1 aromatic heterocycles. The summed E-state index contributed by atoms with van der Waals surface area (Å²) in [5.74, 6) is -1.50. The summed E-state index contributed by atoms with van der Waals surface area (Å²) >= 11 is 1.56. The Labute approximate surface area is 158 Å². The van der Waals surface area contributed by atoms with Gasteiger partial charge in [-0.15, -0.1) is 0 Å². The number of anilines is 1. The van der Waals surface area contributed by atoms with Crippen molar-refractivity contribution in [3.05, 3.63) is 53.6 Å². The number of nitrogens with zero attached hydrogens (tertiary/aromatic N) is 3. The first kappa shape index (κ1) is 17.7. The molecule has 0 radical (unpaired) electrons. The number of ether oxygens (including phenoxy) is 1. The van der Waals surface area contributed by atoms with Crippen LogP contribution in [0, 0.1) is 11.6 Å². The second kappa shape index (κ2) is 7.11. The average Bonchev–Trinajstić information content (AvgIpc) is 3.11. The van der Waals surface area contributed by atoms with Gasteiger partial charge in [0, 0.05) is 26.2 Å². The molecule has 4 rings (SSSR count). The van der Waals surface area contributed by atoms with Gasteiger partial charge in [0.1, 0.15) is 22.9 Å². The summed E-state index contributed by atoms with van der Waals surface area (Å²) in [7, 11) is 1.62. The number of benzene rings is 2. The minimum atomic E-state index is -0.831. The minimum absolute atomic E-state index is 0.381. The van der Waals surface area contributed by atoms with Crippen LogP contribution in [0.25, 0.3) is 10.2 Å². The fourth-order valence-electron chi connectivity index (χ4n) is 3.12. The van der Waals surface area contributed by atoms with Crippen LogP contribution in [0.4, 0.5) is 13.9 Å². The number of rotatable bonds is 3. The highest BCUT2D eigenvalue weighted by molar-refractivity contribution is 7.22. The first-order valence-corrected chi connectivity index (χ1v) is 9.31. The molecule has 0 unspecified atom stereocenters. The molecule has 2 aromatic carbocycles. The highest BCUT2D eigenvalue weighted by atomic mass is 32.1. The maximum absolute atomic E-state index is 13.9. The summed E-state index contributed by atoms with van der Waals surface area (Å²) in [6, 6.07) is 9.17. The van der Waals surface area contributed by atoms with Crippen LogP contribution in [0.1, 0.15) is 10.4 Å². The predicted octanol–water partition coefficient (Wildman–Crippen LogP) is 3.55. The standard InChI is InChI=1S/C19H17F2N3O2S/c1-26-12-5-6-15-16(11-12)27-19(22-15)24-9-7-23(8-10-24)18(25)17-13(20)3-2-4-14(17)21/h2-6,11H,7-10H2,1H3. The molecule has 0 saturated carbocycles. The van der Waals surface area contributed by atoms with Gasteiger partial charge in [-0.3, -0.25) is 4.79 Å². The number of carbonyl (C=O) groups excluding carboxylic acids is 1. The van der Waals surface area contributed by atoms with Crippen LogP contribution in [0.15, 0.2) is 36.4 Å². The van der Waals surface area contributed by atoms with E-state index in [-0.39, 0.29) is 0 Å². The average molecular weight is 389 g/mol. The fourth-order valence-corrected chi connectivity index (χ4v) is 4.16. The van der Waals surface area contributed by atoms with Crippen LogP contribution in [0.2, 0.25) is 0 Å². The van der Waals surface area contributed by atoms with Gasteiger partial charge in [0.15, 0.2) is 5.13 Å². The lowest BCUT2D eigenvalue weighted by Crippen LogP contribution is -2.49. The number of fused-ring (bicyclic) bond motifs is 1. The monoisotopic (exact) mass is 389 g/mol. The lowest BCUT2D eigenvalue weighted by Gasteiger charge is -2.34. The molecule has 3 aromatic rings. The lowest BCUT2D eigenvalue weighted by molar-refractivity contribution is 0.0737. The Morgan fingerprint density at radius 2 is 1.81 bits per heavy atom. The molecule has 27 heavy (non-hydrogen) atoms. The van der Waals surface area contributed by atoms with Crippen LogP contribution in [0.5, 0.6) is 5.75 Å². The van der Waals surface area contributed by atoms with Crippen molar-refractivity contribution in [3.8, 4) is 5.75 Å². The number of hydrogen-bond acceptors (Lipinski definition) is 5. The Balaban J connectivity index is 1.48. The molecule has 2 heterocycles. The van der Waals surface area contributed by atoms with E-state index in [1.165, 1.54) is 11.0 Å². The van der Waals surface area contributed by atoms with E-state index in [1.54, 1.807) is 18.4 Å². The quantitative estimate of drug-likeness (QED) is 0.687. The van der Waals surface area contributed by atoms with Crippen molar-refractivity contribution in [2.24, 2.45) is 0 Å². The summed E-state index contributed by atoms with van der Waals surface area (Å²) in [4.78, 5) is 20.7. The Kier molecular flexibility index (Phi) is 4.65. The van der Waals surface area contributed by atoms with Crippen LogP contribution in [0.3, 0.4) is 0 Å². The third-order valence-electron chi connectivity index (χ3n) is 4.60. The topological polar surface area (TPSA) is 45.7 Å². The second-order valence-corrected chi connectivity index (χ2v) is 7.22. The Morgan fingerprint density at radius 1 is 1.11 bits per heavy atom. The van der Waals surface area contributed by atoms with Gasteiger partial charge in [0.2, 0.25) is 0 Å². The van der Waals surface area contributed by atoms with Crippen molar-refractivity contribution >= 4 is 32.6 Å². The van der Waals surface area contributed by atoms with E-state index >= 15 is 0 Å². The van der Waals surface area contributed by atoms with E-state index in [4.69, 9.17) is 4.74 Å². The van der Waals surface area contributed by atoms with E-state index in [0.29, 0.717) is 26.2 Å². The number of amides is 1. The first-order chi connectivity index (χ1) is 13.1. The Bertz CT molecular complexity index is 980. The van der Waals surface area contributed by atoms with E-state index in [0.717, 1.165) is 33.2 Å². The van der Waals surface area contributed by atoms with Crippen molar-refractivity contribution in [2.75, 3.05) is 38.2 Å². The third-order valence-corrected chi connectivity index (χ3v) is 5.68. The van der Waals surface area contributed by atoms with Gasteiger partial charge >= 0.3 is 0 Å². The molecule has 0 aliphatic carbocycles. The molecule has 0 spiro atoms. The zero-order valence-electron chi connectivity index (χ0n) is 14.6. The molecule has 1 aliphatic heterocycles. The van der Waals surface area contributed by atoms with Crippen molar-refractivity contribution in [1.82, 2.24) is 9.88 Å². The molecule has 1 amide bonds. The molecule has 8 heteroatoms. The number of methoxy groups -OCH3 is 1. The lowest BCUT2D eigenvalue weighted by atomic mass is 10.1. The van der Waals surface area contributed by atoms with Crippen LogP contribution < -0.4 is 9.64 Å². The van der Waals surface area contributed by atoms with Crippen molar-refractivity contribution in [1.29, 1.82) is 0 Å². The number of thiazole rings is 1. The maximum Gasteiger partial charge on any atom is 0.259 e. The van der Waals surface area contributed by atoms with Crippen LogP contribution in [-0.4, -0.2) is 49.1 Å². The Morgan fingerprint density at radius 3 is 2.48 bits per heavy atom. The second-order valence-electron chi connectivity index (χ2n) is 6.21. The van der Waals surface area contributed by atoms with E-state index in [9.17, 15) is 13.6 Å². The van der Waals surface area contributed by atoms with Gasteiger partial charge in [-0.25, -0.2) is 13.8 Å². The van der Waals surface area contributed by atoms with Crippen molar-refractivity contribution in [2.45, 2.75) is 0 Å². The number of halogens is 2. The third kappa shape index (κ3) is 3.32. The molecule has 1 aliphatic rings. The number of hydrogen-bond donors (Lipinski definition) is 0. The molecular weight excluding hydrogens is 372 g/mol. The molecule has 0 atom stereocenters. The molecule has 5 nitrogen and oxygen atoms in total. The molecule has 0 N–H and O–H groups in total. The summed E-state index contributed by atoms with van der Waals surface area (Å²) in [6.07, 6.45) is 0. The summed E-state index contributed by atoms with van der Waals surface area (Å²) in [5.41, 5.74) is 0.403. The highest BCUT2D eigenvalue weighted by Crippen LogP contribution is 2.32. The summed E-state index contributed by atoms with van der Waals surface area (Å²) in [5, 5.41) is 0.863. The molecule has 140 valence electrons. The van der Waals surface area contributed by atoms with Crippen molar-refractivity contribution < 1.29 is 18.3 Å². The Hall–Kier alpha value is -2.74.